The van der Waals surface area contributed by atoms with Gasteiger partial charge in [0.05, 0.1) is 0 Å². The molecule has 2 heterocycles. The van der Waals surface area contributed by atoms with Gasteiger partial charge in [0.15, 0.2) is 16.3 Å². The van der Waals surface area contributed by atoms with Crippen molar-refractivity contribution in [3.8, 4) is 0 Å². The fraction of sp³-hybridized carbons (Fsp3) is 0.500. The van der Waals surface area contributed by atoms with E-state index in [-0.39, 0.29) is 0 Å². The van der Waals surface area contributed by atoms with Gasteiger partial charge in [-0.15, -0.1) is 0 Å². The number of H-pyrrole nitrogens is 1. The molecule has 0 aromatic carbocycles. The van der Waals surface area contributed by atoms with Crippen molar-refractivity contribution in [2.45, 2.75) is 38.4 Å². The minimum Gasteiger partial charge on any atom is -0.309 e. The van der Waals surface area contributed by atoms with E-state index in [0.29, 0.717) is 17.7 Å². The van der Waals surface area contributed by atoms with Gasteiger partial charge in [-0.25, -0.2) is 9.78 Å². The average Bonchev–Trinajstić information content (AvgIpc) is 2.75. The van der Waals surface area contributed by atoms with Gasteiger partial charge in [-0.3, -0.25) is 14.3 Å². The fourth-order valence-corrected chi connectivity index (χ4v) is 3.13. The van der Waals surface area contributed by atoms with E-state index in [1.54, 1.807) is 18.8 Å². The van der Waals surface area contributed by atoms with Gasteiger partial charge in [-0.05, 0) is 13.3 Å². The lowest BCUT2D eigenvalue weighted by Gasteiger charge is -2.07. The number of imidazole rings is 1. The number of unbranched alkanes of at least 4 members (excludes halogenated alkanes) is 1. The molecule has 0 aliphatic rings. The van der Waals surface area contributed by atoms with Crippen LogP contribution in [0.1, 0.15) is 26.7 Å². The summed E-state index contributed by atoms with van der Waals surface area (Å²) in [5, 5.41) is 0.758. The van der Waals surface area contributed by atoms with E-state index >= 15 is 0 Å². The summed E-state index contributed by atoms with van der Waals surface area (Å²) < 4.78 is 3.21. The van der Waals surface area contributed by atoms with Crippen LogP contribution in [-0.4, -0.2) is 24.9 Å². The molecule has 1 N–H and O–H groups in total. The van der Waals surface area contributed by atoms with E-state index in [9.17, 15) is 9.59 Å². The van der Waals surface area contributed by atoms with Crippen LogP contribution in [0.3, 0.4) is 0 Å². The van der Waals surface area contributed by atoms with Crippen LogP contribution in [0.15, 0.2) is 26.9 Å². The number of hydrogen-bond acceptors (Lipinski definition) is 4. The standard InChI is InChI=1S/C14H20N4O2S/c1-5-6-7-21-14-15-11-10(18(14)8-9(2)3)12(19)16-13(20)17(11)4/h2,5-8H2,1,3-4H3,(H,16,19,20). The van der Waals surface area contributed by atoms with E-state index in [1.807, 2.05) is 11.5 Å². The minimum absolute atomic E-state index is 0.399. The van der Waals surface area contributed by atoms with Crippen LogP contribution in [-0.2, 0) is 13.6 Å². The average molecular weight is 308 g/mol. The van der Waals surface area contributed by atoms with Gasteiger partial charge < -0.3 is 4.57 Å². The van der Waals surface area contributed by atoms with Crippen LogP contribution < -0.4 is 11.2 Å². The number of allylic oxidation sites excluding steroid dienone is 1. The van der Waals surface area contributed by atoms with Crippen LogP contribution in [0.4, 0.5) is 0 Å². The highest BCUT2D eigenvalue weighted by Gasteiger charge is 2.17. The molecule has 2 aromatic heterocycles. The smallest absolute Gasteiger partial charge is 0.309 e. The van der Waals surface area contributed by atoms with Gasteiger partial charge in [0.25, 0.3) is 5.56 Å². The monoisotopic (exact) mass is 308 g/mol. The summed E-state index contributed by atoms with van der Waals surface area (Å²) in [5.41, 5.74) is 0.935. The lowest BCUT2D eigenvalue weighted by atomic mass is 10.3. The van der Waals surface area contributed by atoms with Gasteiger partial charge in [-0.2, -0.15) is 0 Å². The van der Waals surface area contributed by atoms with Crippen molar-refractivity contribution >= 4 is 22.9 Å². The Morgan fingerprint density at radius 2 is 2.14 bits per heavy atom. The fourth-order valence-electron chi connectivity index (χ4n) is 2.05. The third-order valence-corrected chi connectivity index (χ3v) is 4.19. The second kappa shape index (κ2) is 6.34. The maximum Gasteiger partial charge on any atom is 0.329 e. The zero-order valence-electron chi connectivity index (χ0n) is 12.6. The Hall–Kier alpha value is -1.76. The summed E-state index contributed by atoms with van der Waals surface area (Å²) >= 11 is 1.61. The molecule has 0 saturated carbocycles. The zero-order chi connectivity index (χ0) is 15.6. The Morgan fingerprint density at radius 1 is 1.43 bits per heavy atom. The highest BCUT2D eigenvalue weighted by Crippen LogP contribution is 2.23. The normalized spacial score (nSPS) is 11.2. The van der Waals surface area contributed by atoms with Crippen LogP contribution >= 0.6 is 11.8 Å². The molecule has 0 bridgehead atoms. The second-order valence-corrected chi connectivity index (χ2v) is 6.19. The molecule has 2 aromatic rings. The number of aromatic amines is 1. The van der Waals surface area contributed by atoms with Gasteiger partial charge in [0, 0.05) is 19.3 Å². The molecule has 0 fully saturated rings. The van der Waals surface area contributed by atoms with Crippen molar-refractivity contribution in [1.82, 2.24) is 19.1 Å². The molecule has 0 aliphatic carbocycles. The zero-order valence-corrected chi connectivity index (χ0v) is 13.4. The largest absolute Gasteiger partial charge is 0.329 e. The van der Waals surface area contributed by atoms with E-state index in [2.05, 4.69) is 23.5 Å². The molecular formula is C14H20N4O2S. The van der Waals surface area contributed by atoms with Crippen LogP contribution in [0, 0.1) is 0 Å². The number of hydrogen-bond donors (Lipinski definition) is 1. The minimum atomic E-state index is -0.447. The molecule has 6 nitrogen and oxygen atoms in total. The SMILES string of the molecule is C=C(C)Cn1c(SCCCC)nc2c1c(=O)[nH]c(=O)n2C. The predicted molar refractivity (Wildman–Crippen MR) is 86.0 cm³/mol. The maximum atomic E-state index is 12.1. The Morgan fingerprint density at radius 3 is 2.76 bits per heavy atom. The summed E-state index contributed by atoms with van der Waals surface area (Å²) in [6.07, 6.45) is 2.18. The molecule has 7 heteroatoms. The summed E-state index contributed by atoms with van der Waals surface area (Å²) in [7, 11) is 1.61. The van der Waals surface area contributed by atoms with Gasteiger partial charge in [-0.1, -0.05) is 37.3 Å². The van der Waals surface area contributed by atoms with Crippen LogP contribution in [0.25, 0.3) is 11.2 Å². The molecule has 0 amide bonds. The number of nitrogens with one attached hydrogen (secondary N) is 1. The molecule has 114 valence electrons. The van der Waals surface area contributed by atoms with Gasteiger partial charge >= 0.3 is 5.69 Å². The van der Waals surface area contributed by atoms with E-state index < -0.39 is 11.2 Å². The number of aryl methyl sites for hydroxylation is 1. The molecule has 0 radical (unpaired) electrons. The quantitative estimate of drug-likeness (QED) is 0.502. The van der Waals surface area contributed by atoms with Gasteiger partial charge in [0.1, 0.15) is 0 Å². The highest BCUT2D eigenvalue weighted by molar-refractivity contribution is 7.99. The highest BCUT2D eigenvalue weighted by atomic mass is 32.2. The van der Waals surface area contributed by atoms with Crippen LogP contribution in [0.2, 0.25) is 0 Å². The Kier molecular flexibility index (Phi) is 4.72. The first-order valence-electron chi connectivity index (χ1n) is 6.92. The molecular weight excluding hydrogens is 288 g/mol. The van der Waals surface area contributed by atoms with E-state index in [0.717, 1.165) is 29.3 Å². The third kappa shape index (κ3) is 3.12. The summed E-state index contributed by atoms with van der Waals surface area (Å²) in [6, 6.07) is 0. The lowest BCUT2D eigenvalue weighted by Crippen LogP contribution is -2.29. The third-order valence-electron chi connectivity index (χ3n) is 3.13. The molecule has 0 aliphatic heterocycles. The van der Waals surface area contributed by atoms with Crippen molar-refractivity contribution in [2.75, 3.05) is 5.75 Å². The van der Waals surface area contributed by atoms with E-state index in [4.69, 9.17) is 0 Å². The first-order chi connectivity index (χ1) is 9.95. The lowest BCUT2D eigenvalue weighted by molar-refractivity contribution is 0.718. The van der Waals surface area contributed by atoms with Crippen molar-refractivity contribution in [3.05, 3.63) is 33.0 Å². The number of nitrogens with zero attached hydrogens (tertiary/aromatic N) is 3. The number of thioether (sulfide) groups is 1. The predicted octanol–water partition coefficient (Wildman–Crippen LogP) is 1.89. The molecule has 0 unspecified atom stereocenters. The van der Waals surface area contributed by atoms with Gasteiger partial charge in [0.2, 0.25) is 0 Å². The number of aromatic nitrogens is 4. The van der Waals surface area contributed by atoms with E-state index in [1.165, 1.54) is 4.57 Å². The molecule has 2 rings (SSSR count). The Bertz CT molecular complexity index is 785. The summed E-state index contributed by atoms with van der Waals surface area (Å²) in [6.45, 7) is 8.46. The van der Waals surface area contributed by atoms with Crippen molar-refractivity contribution < 1.29 is 0 Å². The first kappa shape index (κ1) is 15.6. The summed E-state index contributed by atoms with van der Waals surface area (Å²) in [4.78, 5) is 30.6. The number of rotatable bonds is 6. The Balaban J connectivity index is 2.64. The summed E-state index contributed by atoms with van der Waals surface area (Å²) in [5.74, 6) is 0.932. The molecule has 0 atom stereocenters. The Labute approximate surface area is 126 Å². The van der Waals surface area contributed by atoms with Crippen molar-refractivity contribution in [2.24, 2.45) is 7.05 Å². The number of fused-ring (bicyclic) bond motifs is 1. The van der Waals surface area contributed by atoms with Crippen molar-refractivity contribution in [1.29, 1.82) is 0 Å². The second-order valence-electron chi connectivity index (χ2n) is 5.13. The maximum absolute atomic E-state index is 12.1. The topological polar surface area (TPSA) is 72.7 Å². The molecule has 21 heavy (non-hydrogen) atoms. The first-order valence-corrected chi connectivity index (χ1v) is 7.91. The van der Waals surface area contributed by atoms with Crippen molar-refractivity contribution in [3.63, 3.8) is 0 Å². The molecule has 0 saturated heterocycles. The van der Waals surface area contributed by atoms with Crippen LogP contribution in [0.5, 0.6) is 0 Å². The molecule has 0 spiro atoms.